The average Bonchev–Trinajstić information content (AvgIpc) is 2.67. The standard InChI is InChI=1S/C13H16N2S/c1-9-4-3-5-11(8-9)12(15-14)13-10(2)6-7-16-13/h3-8,12,15H,14H2,1-2H3. The minimum atomic E-state index is 0.0971. The van der Waals surface area contributed by atoms with Gasteiger partial charge in [-0.3, -0.25) is 5.84 Å². The van der Waals surface area contributed by atoms with Crippen LogP contribution in [0.5, 0.6) is 0 Å². The second kappa shape index (κ2) is 4.78. The van der Waals surface area contributed by atoms with E-state index in [1.807, 2.05) is 0 Å². The molecule has 0 spiro atoms. The number of hydrogen-bond donors (Lipinski definition) is 2. The topological polar surface area (TPSA) is 38.0 Å². The van der Waals surface area contributed by atoms with Crippen molar-refractivity contribution >= 4 is 11.3 Å². The molecule has 84 valence electrons. The van der Waals surface area contributed by atoms with Gasteiger partial charge in [-0.2, -0.15) is 0 Å². The van der Waals surface area contributed by atoms with E-state index in [2.05, 4.69) is 55.0 Å². The molecule has 3 N–H and O–H groups in total. The molecule has 0 aliphatic heterocycles. The average molecular weight is 232 g/mol. The van der Waals surface area contributed by atoms with Gasteiger partial charge in [0.2, 0.25) is 0 Å². The van der Waals surface area contributed by atoms with Gasteiger partial charge in [-0.15, -0.1) is 11.3 Å². The summed E-state index contributed by atoms with van der Waals surface area (Å²) in [6.45, 7) is 4.21. The number of nitrogens with two attached hydrogens (primary N) is 1. The summed E-state index contributed by atoms with van der Waals surface area (Å²) in [6, 6.07) is 10.7. The van der Waals surface area contributed by atoms with Crippen LogP contribution in [0.15, 0.2) is 35.7 Å². The monoisotopic (exact) mass is 232 g/mol. The van der Waals surface area contributed by atoms with E-state index < -0.39 is 0 Å². The highest BCUT2D eigenvalue weighted by molar-refractivity contribution is 7.10. The van der Waals surface area contributed by atoms with Crippen LogP contribution < -0.4 is 11.3 Å². The fourth-order valence-corrected chi connectivity index (χ4v) is 2.87. The zero-order valence-corrected chi connectivity index (χ0v) is 10.3. The predicted octanol–water partition coefficient (Wildman–Crippen LogP) is 2.92. The summed E-state index contributed by atoms with van der Waals surface area (Å²) in [6.07, 6.45) is 0. The lowest BCUT2D eigenvalue weighted by Gasteiger charge is -2.16. The third kappa shape index (κ3) is 2.16. The SMILES string of the molecule is Cc1cccc(C(NN)c2sccc2C)c1. The molecule has 3 heteroatoms. The largest absolute Gasteiger partial charge is 0.271 e. The number of hydrazine groups is 1. The van der Waals surface area contributed by atoms with Crippen LogP contribution in [-0.2, 0) is 0 Å². The molecular formula is C13H16N2S. The van der Waals surface area contributed by atoms with Crippen molar-refractivity contribution in [3.8, 4) is 0 Å². The summed E-state index contributed by atoms with van der Waals surface area (Å²) in [7, 11) is 0. The fourth-order valence-electron chi connectivity index (χ4n) is 1.85. The van der Waals surface area contributed by atoms with E-state index in [9.17, 15) is 0 Å². The van der Waals surface area contributed by atoms with Crippen LogP contribution in [-0.4, -0.2) is 0 Å². The molecular weight excluding hydrogens is 216 g/mol. The summed E-state index contributed by atoms with van der Waals surface area (Å²) in [5, 5.41) is 2.10. The van der Waals surface area contributed by atoms with Crippen molar-refractivity contribution < 1.29 is 0 Å². The first kappa shape index (κ1) is 11.3. The van der Waals surface area contributed by atoms with Crippen molar-refractivity contribution in [3.05, 3.63) is 57.3 Å². The zero-order valence-electron chi connectivity index (χ0n) is 9.53. The van der Waals surface area contributed by atoms with Gasteiger partial charge in [0.25, 0.3) is 0 Å². The Labute approximate surface area is 100 Å². The molecule has 1 aromatic carbocycles. The van der Waals surface area contributed by atoms with Gasteiger partial charge in [-0.25, -0.2) is 5.43 Å². The van der Waals surface area contributed by atoms with Crippen LogP contribution in [0.3, 0.4) is 0 Å². The van der Waals surface area contributed by atoms with Crippen molar-refractivity contribution in [2.75, 3.05) is 0 Å². The zero-order chi connectivity index (χ0) is 11.5. The molecule has 0 radical (unpaired) electrons. The minimum absolute atomic E-state index is 0.0971. The quantitative estimate of drug-likeness (QED) is 0.631. The Morgan fingerprint density at radius 3 is 2.62 bits per heavy atom. The summed E-state index contributed by atoms with van der Waals surface area (Å²) in [5.41, 5.74) is 6.66. The lowest BCUT2D eigenvalue weighted by molar-refractivity contribution is 0.643. The Bertz CT molecular complexity index is 476. The van der Waals surface area contributed by atoms with E-state index in [1.54, 1.807) is 11.3 Å². The molecule has 1 unspecified atom stereocenters. The van der Waals surface area contributed by atoms with E-state index >= 15 is 0 Å². The number of nitrogens with one attached hydrogen (secondary N) is 1. The van der Waals surface area contributed by atoms with E-state index in [0.29, 0.717) is 0 Å². The molecule has 1 heterocycles. The van der Waals surface area contributed by atoms with E-state index in [4.69, 9.17) is 5.84 Å². The lowest BCUT2D eigenvalue weighted by Crippen LogP contribution is -2.28. The van der Waals surface area contributed by atoms with Crippen molar-refractivity contribution in [1.82, 2.24) is 5.43 Å². The number of rotatable bonds is 3. The fraction of sp³-hybridized carbons (Fsp3) is 0.231. The molecule has 0 aliphatic carbocycles. The summed E-state index contributed by atoms with van der Waals surface area (Å²) in [4.78, 5) is 1.29. The van der Waals surface area contributed by atoms with E-state index in [0.717, 1.165) is 0 Å². The van der Waals surface area contributed by atoms with Crippen molar-refractivity contribution in [2.24, 2.45) is 5.84 Å². The van der Waals surface area contributed by atoms with Gasteiger partial charge in [0.05, 0.1) is 6.04 Å². The molecule has 0 aliphatic rings. The number of hydrogen-bond acceptors (Lipinski definition) is 3. The molecule has 1 atom stereocenters. The van der Waals surface area contributed by atoms with Gasteiger partial charge >= 0.3 is 0 Å². The molecule has 0 amide bonds. The molecule has 1 aromatic heterocycles. The second-order valence-corrected chi connectivity index (χ2v) is 4.93. The first-order valence-corrected chi connectivity index (χ1v) is 6.17. The number of aryl methyl sites for hydroxylation is 2. The third-order valence-electron chi connectivity index (χ3n) is 2.71. The Balaban J connectivity index is 2.40. The number of thiophene rings is 1. The molecule has 0 saturated heterocycles. The molecule has 2 aromatic rings. The Morgan fingerprint density at radius 1 is 1.25 bits per heavy atom. The van der Waals surface area contributed by atoms with Crippen molar-refractivity contribution in [3.63, 3.8) is 0 Å². The highest BCUT2D eigenvalue weighted by Gasteiger charge is 2.15. The normalized spacial score (nSPS) is 12.7. The van der Waals surface area contributed by atoms with Gasteiger partial charge in [0.15, 0.2) is 0 Å². The van der Waals surface area contributed by atoms with Crippen LogP contribution in [0.4, 0.5) is 0 Å². The first-order valence-electron chi connectivity index (χ1n) is 5.29. The van der Waals surface area contributed by atoms with Crippen LogP contribution in [0.25, 0.3) is 0 Å². The van der Waals surface area contributed by atoms with E-state index in [-0.39, 0.29) is 6.04 Å². The molecule has 0 saturated carbocycles. The Morgan fingerprint density at radius 2 is 2.06 bits per heavy atom. The maximum absolute atomic E-state index is 5.67. The molecule has 0 fully saturated rings. The Hall–Kier alpha value is -1.16. The molecule has 16 heavy (non-hydrogen) atoms. The van der Waals surface area contributed by atoms with Crippen LogP contribution in [0, 0.1) is 13.8 Å². The van der Waals surface area contributed by atoms with E-state index in [1.165, 1.54) is 21.6 Å². The third-order valence-corrected chi connectivity index (χ3v) is 3.79. The Kier molecular flexibility index (Phi) is 3.39. The maximum Gasteiger partial charge on any atom is 0.0805 e. The smallest absolute Gasteiger partial charge is 0.0805 e. The summed E-state index contributed by atoms with van der Waals surface area (Å²) < 4.78 is 0. The lowest BCUT2D eigenvalue weighted by atomic mass is 10.0. The highest BCUT2D eigenvalue weighted by atomic mass is 32.1. The van der Waals surface area contributed by atoms with Crippen LogP contribution in [0.1, 0.15) is 27.6 Å². The van der Waals surface area contributed by atoms with Gasteiger partial charge in [0, 0.05) is 4.88 Å². The second-order valence-electron chi connectivity index (χ2n) is 3.98. The molecule has 2 rings (SSSR count). The van der Waals surface area contributed by atoms with Gasteiger partial charge < -0.3 is 0 Å². The van der Waals surface area contributed by atoms with Crippen LogP contribution in [0.2, 0.25) is 0 Å². The van der Waals surface area contributed by atoms with Crippen molar-refractivity contribution in [2.45, 2.75) is 19.9 Å². The molecule has 2 nitrogen and oxygen atoms in total. The predicted molar refractivity (Wildman–Crippen MR) is 69.4 cm³/mol. The highest BCUT2D eigenvalue weighted by Crippen LogP contribution is 2.28. The van der Waals surface area contributed by atoms with Crippen LogP contribution >= 0.6 is 11.3 Å². The summed E-state index contributed by atoms with van der Waals surface area (Å²) >= 11 is 1.74. The number of benzene rings is 1. The maximum atomic E-state index is 5.67. The van der Waals surface area contributed by atoms with Gasteiger partial charge in [-0.05, 0) is 36.4 Å². The van der Waals surface area contributed by atoms with Crippen molar-refractivity contribution in [1.29, 1.82) is 0 Å². The first-order chi connectivity index (χ1) is 7.72. The minimum Gasteiger partial charge on any atom is -0.271 e. The van der Waals surface area contributed by atoms with Gasteiger partial charge in [0.1, 0.15) is 0 Å². The summed E-state index contributed by atoms with van der Waals surface area (Å²) in [5.74, 6) is 5.67. The van der Waals surface area contributed by atoms with Gasteiger partial charge in [-0.1, -0.05) is 29.8 Å². The molecule has 0 bridgehead atoms.